The molecule has 0 atom stereocenters. The molecule has 0 radical (unpaired) electrons. The summed E-state index contributed by atoms with van der Waals surface area (Å²) in [6.45, 7) is 4.62. The third-order valence-electron chi connectivity index (χ3n) is 4.16. The number of thiazole rings is 1. The molecule has 1 heterocycles. The largest absolute Gasteiger partial charge is 0.494 e. The Balaban J connectivity index is 1.74. The summed E-state index contributed by atoms with van der Waals surface area (Å²) in [5, 5.41) is 13.2. The van der Waals surface area contributed by atoms with Crippen molar-refractivity contribution in [3.8, 4) is 23.1 Å². The molecule has 0 spiro atoms. The van der Waals surface area contributed by atoms with Gasteiger partial charge in [0.1, 0.15) is 17.4 Å². The number of halogens is 1. The van der Waals surface area contributed by atoms with E-state index in [9.17, 15) is 10.1 Å². The highest BCUT2D eigenvalue weighted by atomic mass is 35.5. The van der Waals surface area contributed by atoms with Crippen molar-refractivity contribution in [2.24, 2.45) is 0 Å². The van der Waals surface area contributed by atoms with Gasteiger partial charge in [0, 0.05) is 15.5 Å². The van der Waals surface area contributed by atoms with E-state index in [4.69, 9.17) is 16.3 Å². The summed E-state index contributed by atoms with van der Waals surface area (Å²) < 4.78 is 5.55. The summed E-state index contributed by atoms with van der Waals surface area (Å²) in [6, 6.07) is 16.6. The van der Waals surface area contributed by atoms with Crippen molar-refractivity contribution < 1.29 is 9.53 Å². The van der Waals surface area contributed by atoms with Crippen LogP contribution in [-0.2, 0) is 4.79 Å². The Kier molecular flexibility index (Phi) is 7.23. The molecule has 1 aromatic heterocycles. The number of amides is 1. The molecule has 0 unspecified atom stereocenters. The van der Waals surface area contributed by atoms with Crippen molar-refractivity contribution in [3.05, 3.63) is 69.6 Å². The molecule has 0 aliphatic rings. The quantitative estimate of drug-likeness (QED) is 0.357. The summed E-state index contributed by atoms with van der Waals surface area (Å²) in [5.74, 6) is 0.255. The van der Waals surface area contributed by atoms with E-state index >= 15 is 0 Å². The minimum atomic E-state index is -0.500. The number of anilines is 1. The number of ether oxygens (including phenoxy) is 1. The van der Waals surface area contributed by atoms with Gasteiger partial charge in [0.25, 0.3) is 5.91 Å². The number of carbonyl (C=O) groups excluding carboxylic acids is 1. The molecular formula is C23H20ClN3O2S. The molecule has 0 aliphatic carbocycles. The maximum Gasteiger partial charge on any atom is 0.268 e. The smallest absolute Gasteiger partial charge is 0.268 e. The number of benzene rings is 2. The van der Waals surface area contributed by atoms with Gasteiger partial charge in [-0.3, -0.25) is 10.1 Å². The van der Waals surface area contributed by atoms with Gasteiger partial charge in [-0.1, -0.05) is 42.8 Å². The topological polar surface area (TPSA) is 75.0 Å². The zero-order valence-electron chi connectivity index (χ0n) is 16.6. The number of aromatic nitrogens is 1. The van der Waals surface area contributed by atoms with Crippen LogP contribution in [-0.4, -0.2) is 17.5 Å². The molecule has 0 aliphatic heterocycles. The van der Waals surface area contributed by atoms with Gasteiger partial charge in [0.15, 0.2) is 5.13 Å². The van der Waals surface area contributed by atoms with E-state index < -0.39 is 5.91 Å². The number of hydrogen-bond acceptors (Lipinski definition) is 5. The van der Waals surface area contributed by atoms with Gasteiger partial charge in [0.2, 0.25) is 0 Å². The Morgan fingerprint density at radius 3 is 2.57 bits per heavy atom. The van der Waals surface area contributed by atoms with Crippen LogP contribution in [0.2, 0.25) is 5.02 Å². The van der Waals surface area contributed by atoms with E-state index in [2.05, 4.69) is 10.3 Å². The van der Waals surface area contributed by atoms with Crippen LogP contribution < -0.4 is 10.1 Å². The Morgan fingerprint density at radius 1 is 1.23 bits per heavy atom. The van der Waals surface area contributed by atoms with Gasteiger partial charge in [-0.05, 0) is 49.2 Å². The first-order valence-electron chi connectivity index (χ1n) is 9.39. The van der Waals surface area contributed by atoms with Crippen molar-refractivity contribution >= 4 is 40.1 Å². The van der Waals surface area contributed by atoms with Crippen LogP contribution >= 0.6 is 22.9 Å². The number of nitriles is 1. The summed E-state index contributed by atoms with van der Waals surface area (Å²) in [4.78, 5) is 18.0. The fraction of sp³-hybridized carbons (Fsp3) is 0.174. The standard InChI is InChI=1S/C23H20ClN3O2S/c1-3-12-29-20-10-4-16(5-11-20)13-18(14-25)22(28)27-23-26-21(15(2)30-23)17-6-8-19(24)9-7-17/h4-11,13H,3,12H2,1-2H3,(H,26,27,28)/b18-13+. The van der Waals surface area contributed by atoms with Gasteiger partial charge >= 0.3 is 0 Å². The second-order valence-electron chi connectivity index (χ2n) is 6.47. The Hall–Kier alpha value is -3.14. The van der Waals surface area contributed by atoms with Gasteiger partial charge < -0.3 is 4.74 Å². The molecule has 5 nitrogen and oxygen atoms in total. The van der Waals surface area contributed by atoms with Crippen molar-refractivity contribution in [3.63, 3.8) is 0 Å². The highest BCUT2D eigenvalue weighted by Crippen LogP contribution is 2.31. The number of rotatable bonds is 7. The van der Waals surface area contributed by atoms with Crippen molar-refractivity contribution in [2.45, 2.75) is 20.3 Å². The van der Waals surface area contributed by atoms with Gasteiger partial charge in [0.05, 0.1) is 12.3 Å². The van der Waals surface area contributed by atoms with E-state index in [0.29, 0.717) is 16.8 Å². The normalized spacial score (nSPS) is 11.1. The lowest BCUT2D eigenvalue weighted by Crippen LogP contribution is -2.13. The first-order valence-corrected chi connectivity index (χ1v) is 10.6. The predicted molar refractivity (Wildman–Crippen MR) is 122 cm³/mol. The second kappa shape index (κ2) is 10.1. The molecule has 30 heavy (non-hydrogen) atoms. The summed E-state index contributed by atoms with van der Waals surface area (Å²) in [5.41, 5.74) is 2.42. The average molecular weight is 438 g/mol. The molecule has 3 aromatic rings. The fourth-order valence-electron chi connectivity index (χ4n) is 2.69. The van der Waals surface area contributed by atoms with Crippen LogP contribution in [0.3, 0.4) is 0 Å². The number of nitrogens with zero attached hydrogens (tertiary/aromatic N) is 2. The number of aryl methyl sites for hydroxylation is 1. The third kappa shape index (κ3) is 5.47. The van der Waals surface area contributed by atoms with Gasteiger partial charge in [-0.25, -0.2) is 4.98 Å². The second-order valence-corrected chi connectivity index (χ2v) is 8.11. The molecule has 1 N–H and O–H groups in total. The first kappa shape index (κ1) is 21.6. The van der Waals surface area contributed by atoms with Crippen LogP contribution in [0.15, 0.2) is 54.1 Å². The zero-order valence-corrected chi connectivity index (χ0v) is 18.2. The van der Waals surface area contributed by atoms with Crippen LogP contribution in [0.1, 0.15) is 23.8 Å². The molecule has 2 aromatic carbocycles. The van der Waals surface area contributed by atoms with Crippen LogP contribution in [0, 0.1) is 18.3 Å². The molecule has 0 bridgehead atoms. The van der Waals surface area contributed by atoms with Crippen molar-refractivity contribution in [1.82, 2.24) is 4.98 Å². The highest BCUT2D eigenvalue weighted by Gasteiger charge is 2.15. The van der Waals surface area contributed by atoms with E-state index in [0.717, 1.165) is 33.9 Å². The van der Waals surface area contributed by atoms with Crippen LogP contribution in [0.25, 0.3) is 17.3 Å². The van der Waals surface area contributed by atoms with Gasteiger partial charge in [-0.15, -0.1) is 11.3 Å². The average Bonchev–Trinajstić information content (AvgIpc) is 3.11. The molecular weight excluding hydrogens is 418 g/mol. The maximum atomic E-state index is 12.6. The summed E-state index contributed by atoms with van der Waals surface area (Å²) in [6.07, 6.45) is 2.47. The minimum Gasteiger partial charge on any atom is -0.494 e. The monoisotopic (exact) mass is 437 g/mol. The molecule has 7 heteroatoms. The maximum absolute atomic E-state index is 12.6. The number of nitrogens with one attached hydrogen (secondary N) is 1. The van der Waals surface area contributed by atoms with E-state index in [1.165, 1.54) is 11.3 Å². The number of hydrogen-bond donors (Lipinski definition) is 1. The van der Waals surface area contributed by atoms with E-state index in [1.807, 2.05) is 56.3 Å². The molecule has 0 fully saturated rings. The Morgan fingerprint density at radius 2 is 1.93 bits per heavy atom. The fourth-order valence-corrected chi connectivity index (χ4v) is 3.64. The number of carbonyl (C=O) groups is 1. The minimum absolute atomic E-state index is 0.00174. The molecule has 152 valence electrons. The Bertz CT molecular complexity index is 1100. The third-order valence-corrected chi connectivity index (χ3v) is 5.30. The van der Waals surface area contributed by atoms with Crippen molar-refractivity contribution in [1.29, 1.82) is 5.26 Å². The van der Waals surface area contributed by atoms with Crippen LogP contribution in [0.5, 0.6) is 5.75 Å². The molecule has 3 rings (SSSR count). The Labute approximate surface area is 184 Å². The zero-order chi connectivity index (χ0) is 21.5. The van der Waals surface area contributed by atoms with E-state index in [-0.39, 0.29) is 5.57 Å². The van der Waals surface area contributed by atoms with Crippen molar-refractivity contribution in [2.75, 3.05) is 11.9 Å². The lowest BCUT2D eigenvalue weighted by molar-refractivity contribution is -0.112. The summed E-state index contributed by atoms with van der Waals surface area (Å²) >= 11 is 7.30. The highest BCUT2D eigenvalue weighted by molar-refractivity contribution is 7.16. The van der Waals surface area contributed by atoms with Gasteiger partial charge in [-0.2, -0.15) is 5.26 Å². The first-order chi connectivity index (χ1) is 14.5. The predicted octanol–water partition coefficient (Wildman–Crippen LogP) is 6.11. The molecule has 1 amide bonds. The molecule has 0 saturated carbocycles. The SMILES string of the molecule is CCCOc1ccc(/C=C(\C#N)C(=O)Nc2nc(-c3ccc(Cl)cc3)c(C)s2)cc1. The van der Waals surface area contributed by atoms with E-state index in [1.54, 1.807) is 18.2 Å². The summed E-state index contributed by atoms with van der Waals surface area (Å²) in [7, 11) is 0. The lowest BCUT2D eigenvalue weighted by atomic mass is 10.1. The lowest BCUT2D eigenvalue weighted by Gasteiger charge is -2.04. The van der Waals surface area contributed by atoms with Crippen LogP contribution in [0.4, 0.5) is 5.13 Å². The molecule has 0 saturated heterocycles.